The average molecular weight is 284 g/mol. The van der Waals surface area contributed by atoms with E-state index in [0.29, 0.717) is 17.2 Å². The number of benzene rings is 1. The van der Waals surface area contributed by atoms with Gasteiger partial charge in [0.1, 0.15) is 5.56 Å². The molecule has 1 N–H and O–H groups in total. The maximum atomic E-state index is 11.3. The molecule has 1 aliphatic carbocycles. The summed E-state index contributed by atoms with van der Waals surface area (Å²) in [5, 5.41) is 13.7. The van der Waals surface area contributed by atoms with Crippen molar-refractivity contribution in [2.75, 3.05) is 0 Å². The third kappa shape index (κ3) is 2.46. The van der Waals surface area contributed by atoms with Gasteiger partial charge in [0, 0.05) is 12.5 Å². The molecule has 1 unspecified atom stereocenters. The second-order valence-corrected chi connectivity index (χ2v) is 5.82. The van der Waals surface area contributed by atoms with E-state index >= 15 is 0 Å². The van der Waals surface area contributed by atoms with E-state index in [9.17, 15) is 9.90 Å². The molecule has 2 aromatic rings. The summed E-state index contributed by atoms with van der Waals surface area (Å²) in [6.07, 6.45) is 3.47. The first kappa shape index (κ1) is 13.9. The number of carbonyl (C=O) groups is 1. The molecule has 1 heterocycles. The van der Waals surface area contributed by atoms with Crippen LogP contribution in [-0.2, 0) is 13.0 Å². The van der Waals surface area contributed by atoms with Crippen LogP contribution in [0.4, 0.5) is 0 Å². The van der Waals surface area contributed by atoms with Crippen LogP contribution in [-0.4, -0.2) is 20.9 Å². The van der Waals surface area contributed by atoms with Crippen LogP contribution in [0.5, 0.6) is 0 Å². The highest BCUT2D eigenvalue weighted by molar-refractivity contribution is 5.90. The molecule has 0 amide bonds. The smallest absolute Gasteiger partial charge is 0.339 e. The van der Waals surface area contributed by atoms with E-state index in [-0.39, 0.29) is 0 Å². The predicted molar refractivity (Wildman–Crippen MR) is 80.8 cm³/mol. The molecule has 4 nitrogen and oxygen atoms in total. The number of carboxylic acid groups (broad SMARTS) is 1. The molecule has 4 heteroatoms. The summed E-state index contributed by atoms with van der Waals surface area (Å²) in [5.41, 5.74) is 4.52. The van der Waals surface area contributed by atoms with Crippen LogP contribution in [0.2, 0.25) is 0 Å². The molecule has 1 atom stereocenters. The van der Waals surface area contributed by atoms with Crippen LogP contribution in [0.25, 0.3) is 0 Å². The van der Waals surface area contributed by atoms with Gasteiger partial charge in [-0.15, -0.1) is 0 Å². The molecular formula is C17H20N2O2. The van der Waals surface area contributed by atoms with Gasteiger partial charge in [-0.1, -0.05) is 24.3 Å². The topological polar surface area (TPSA) is 55.1 Å². The van der Waals surface area contributed by atoms with Crippen molar-refractivity contribution in [3.8, 4) is 0 Å². The number of hydrogen-bond donors (Lipinski definition) is 1. The fourth-order valence-corrected chi connectivity index (χ4v) is 3.44. The Balaban J connectivity index is 1.92. The lowest BCUT2D eigenvalue weighted by molar-refractivity contribution is 0.0695. The number of nitrogens with zero attached hydrogens (tertiary/aromatic N) is 2. The Morgan fingerprint density at radius 2 is 2.14 bits per heavy atom. The van der Waals surface area contributed by atoms with Crippen molar-refractivity contribution in [2.24, 2.45) is 0 Å². The highest BCUT2D eigenvalue weighted by atomic mass is 16.4. The van der Waals surface area contributed by atoms with Crippen LogP contribution < -0.4 is 0 Å². The van der Waals surface area contributed by atoms with Gasteiger partial charge >= 0.3 is 5.97 Å². The fourth-order valence-electron chi connectivity index (χ4n) is 3.44. The van der Waals surface area contributed by atoms with Crippen LogP contribution in [0.3, 0.4) is 0 Å². The Labute approximate surface area is 124 Å². The molecule has 0 bridgehead atoms. The van der Waals surface area contributed by atoms with Crippen LogP contribution in [0.15, 0.2) is 24.3 Å². The summed E-state index contributed by atoms with van der Waals surface area (Å²) >= 11 is 0. The summed E-state index contributed by atoms with van der Waals surface area (Å²) in [5.74, 6) is -0.463. The van der Waals surface area contributed by atoms with E-state index in [1.54, 1.807) is 6.92 Å². The third-order valence-corrected chi connectivity index (χ3v) is 4.48. The largest absolute Gasteiger partial charge is 0.478 e. The second kappa shape index (κ2) is 5.35. The number of carboxylic acids is 1. The van der Waals surface area contributed by atoms with E-state index in [1.807, 2.05) is 11.6 Å². The van der Waals surface area contributed by atoms with Gasteiger partial charge in [-0.3, -0.25) is 4.68 Å². The van der Waals surface area contributed by atoms with Gasteiger partial charge in [-0.2, -0.15) is 5.10 Å². The Hall–Kier alpha value is -2.10. The summed E-state index contributed by atoms with van der Waals surface area (Å²) < 4.78 is 1.87. The van der Waals surface area contributed by atoms with Gasteiger partial charge in [-0.05, 0) is 44.2 Å². The lowest BCUT2D eigenvalue weighted by Gasteiger charge is -2.25. The van der Waals surface area contributed by atoms with Crippen molar-refractivity contribution < 1.29 is 9.90 Å². The van der Waals surface area contributed by atoms with Crippen molar-refractivity contribution in [3.63, 3.8) is 0 Å². The monoisotopic (exact) mass is 284 g/mol. The number of rotatable bonds is 3. The molecule has 0 aliphatic heterocycles. The fraction of sp³-hybridized carbons (Fsp3) is 0.412. The molecular weight excluding hydrogens is 264 g/mol. The quantitative estimate of drug-likeness (QED) is 0.940. The summed E-state index contributed by atoms with van der Waals surface area (Å²) in [6.45, 7) is 4.37. The minimum absolute atomic E-state index is 0.346. The Morgan fingerprint density at radius 1 is 1.38 bits per heavy atom. The van der Waals surface area contributed by atoms with Gasteiger partial charge < -0.3 is 5.11 Å². The highest BCUT2D eigenvalue weighted by Crippen LogP contribution is 2.33. The molecule has 3 rings (SSSR count). The van der Waals surface area contributed by atoms with E-state index in [2.05, 4.69) is 29.4 Å². The Kier molecular flexibility index (Phi) is 3.53. The van der Waals surface area contributed by atoms with Crippen LogP contribution in [0, 0.1) is 13.8 Å². The second-order valence-electron chi connectivity index (χ2n) is 5.82. The zero-order valence-corrected chi connectivity index (χ0v) is 12.5. The van der Waals surface area contributed by atoms with Gasteiger partial charge in [0.15, 0.2) is 0 Å². The average Bonchev–Trinajstić information content (AvgIpc) is 2.74. The van der Waals surface area contributed by atoms with Crippen molar-refractivity contribution in [3.05, 3.63) is 52.3 Å². The van der Waals surface area contributed by atoms with E-state index in [4.69, 9.17) is 0 Å². The van der Waals surface area contributed by atoms with Gasteiger partial charge in [0.2, 0.25) is 0 Å². The summed E-state index contributed by atoms with van der Waals surface area (Å²) in [6, 6.07) is 8.57. The number of fused-ring (bicyclic) bond motifs is 1. The summed E-state index contributed by atoms with van der Waals surface area (Å²) in [7, 11) is 0. The standard InChI is InChI=1S/C17H20N2O2/c1-11-16(17(20)21)12(2)19(18-11)10-14-8-5-7-13-6-3-4-9-15(13)14/h3-4,6,9,14H,5,7-8,10H2,1-2H3,(H,20,21). The molecule has 0 saturated carbocycles. The first-order valence-corrected chi connectivity index (χ1v) is 7.43. The number of hydrogen-bond acceptors (Lipinski definition) is 2. The SMILES string of the molecule is Cc1nn(CC2CCCc3ccccc32)c(C)c1C(=O)O. The van der Waals surface area contributed by atoms with Gasteiger partial charge in [0.05, 0.1) is 11.4 Å². The molecule has 110 valence electrons. The molecule has 1 aliphatic rings. The zero-order chi connectivity index (χ0) is 15.0. The van der Waals surface area contributed by atoms with Crippen molar-refractivity contribution in [1.29, 1.82) is 0 Å². The lowest BCUT2D eigenvalue weighted by atomic mass is 9.83. The highest BCUT2D eigenvalue weighted by Gasteiger charge is 2.23. The first-order chi connectivity index (χ1) is 10.1. The lowest BCUT2D eigenvalue weighted by Crippen LogP contribution is -2.17. The van der Waals surface area contributed by atoms with E-state index < -0.39 is 5.97 Å². The molecule has 21 heavy (non-hydrogen) atoms. The van der Waals surface area contributed by atoms with Crippen LogP contribution in [0.1, 0.15) is 51.6 Å². The van der Waals surface area contributed by atoms with Crippen molar-refractivity contribution >= 4 is 5.97 Å². The van der Waals surface area contributed by atoms with Crippen molar-refractivity contribution in [2.45, 2.75) is 45.6 Å². The molecule has 0 radical (unpaired) electrons. The van der Waals surface area contributed by atoms with Crippen LogP contribution >= 0.6 is 0 Å². The molecule has 0 fully saturated rings. The Bertz CT molecular complexity index is 688. The zero-order valence-electron chi connectivity index (χ0n) is 12.5. The van der Waals surface area contributed by atoms with Gasteiger partial charge in [0.25, 0.3) is 0 Å². The Morgan fingerprint density at radius 3 is 2.86 bits per heavy atom. The molecule has 0 spiro atoms. The summed E-state index contributed by atoms with van der Waals surface area (Å²) in [4.78, 5) is 11.3. The predicted octanol–water partition coefficient (Wildman–Crippen LogP) is 3.32. The molecule has 1 aromatic carbocycles. The number of aryl methyl sites for hydroxylation is 2. The third-order valence-electron chi connectivity index (χ3n) is 4.48. The van der Waals surface area contributed by atoms with Crippen molar-refractivity contribution in [1.82, 2.24) is 9.78 Å². The van der Waals surface area contributed by atoms with E-state index in [0.717, 1.165) is 25.1 Å². The number of aromatic nitrogens is 2. The van der Waals surface area contributed by atoms with Gasteiger partial charge in [-0.25, -0.2) is 4.79 Å². The first-order valence-electron chi connectivity index (χ1n) is 7.43. The maximum absolute atomic E-state index is 11.3. The maximum Gasteiger partial charge on any atom is 0.339 e. The minimum atomic E-state index is -0.889. The molecule has 0 saturated heterocycles. The minimum Gasteiger partial charge on any atom is -0.478 e. The number of aromatic carboxylic acids is 1. The normalized spacial score (nSPS) is 17.5. The molecule has 1 aromatic heterocycles. The van der Waals surface area contributed by atoms with E-state index in [1.165, 1.54) is 17.5 Å².